The van der Waals surface area contributed by atoms with Crippen molar-refractivity contribution < 1.29 is 22.7 Å². The second-order valence-corrected chi connectivity index (χ2v) is 9.18. The van der Waals surface area contributed by atoms with Crippen LogP contribution < -0.4 is 4.72 Å². The molecule has 162 valence electrons. The molecule has 0 aromatic heterocycles. The van der Waals surface area contributed by atoms with Crippen LogP contribution in [0.15, 0.2) is 71.6 Å². The van der Waals surface area contributed by atoms with Gasteiger partial charge in [-0.25, -0.2) is 8.42 Å². The third kappa shape index (κ3) is 5.31. The number of hydrogen-bond acceptors (Lipinski definition) is 5. The number of rotatable bonds is 8. The van der Waals surface area contributed by atoms with Gasteiger partial charge in [0, 0.05) is 5.56 Å². The van der Waals surface area contributed by atoms with E-state index in [4.69, 9.17) is 16.3 Å². The van der Waals surface area contributed by atoms with Crippen molar-refractivity contribution in [1.82, 2.24) is 4.72 Å². The molecule has 3 aromatic rings. The van der Waals surface area contributed by atoms with Crippen molar-refractivity contribution in [2.45, 2.75) is 30.2 Å². The van der Waals surface area contributed by atoms with E-state index in [0.29, 0.717) is 0 Å². The van der Waals surface area contributed by atoms with Crippen LogP contribution in [0, 0.1) is 6.92 Å². The van der Waals surface area contributed by atoms with E-state index in [9.17, 15) is 18.0 Å². The second-order valence-electron chi connectivity index (χ2n) is 6.99. The highest BCUT2D eigenvalue weighted by molar-refractivity contribution is 7.89. The lowest BCUT2D eigenvalue weighted by molar-refractivity contribution is -0.144. The van der Waals surface area contributed by atoms with Crippen molar-refractivity contribution in [2.24, 2.45) is 0 Å². The summed E-state index contributed by atoms with van der Waals surface area (Å²) in [5.74, 6) is -1.51. The number of esters is 1. The molecule has 0 heterocycles. The summed E-state index contributed by atoms with van der Waals surface area (Å²) >= 11 is 6.36. The van der Waals surface area contributed by atoms with Crippen LogP contribution in [-0.4, -0.2) is 38.2 Å². The molecule has 0 unspecified atom stereocenters. The number of ether oxygens (including phenoxy) is 1. The van der Waals surface area contributed by atoms with E-state index in [1.165, 1.54) is 12.1 Å². The Morgan fingerprint density at radius 2 is 1.65 bits per heavy atom. The summed E-state index contributed by atoms with van der Waals surface area (Å²) in [5.41, 5.74) is 1.14. The zero-order chi connectivity index (χ0) is 22.6. The van der Waals surface area contributed by atoms with Gasteiger partial charge in [-0.1, -0.05) is 54.1 Å². The highest BCUT2D eigenvalue weighted by Crippen LogP contribution is 2.21. The van der Waals surface area contributed by atoms with E-state index in [2.05, 4.69) is 4.72 Å². The first-order chi connectivity index (χ1) is 14.7. The van der Waals surface area contributed by atoms with Crippen molar-refractivity contribution in [2.75, 3.05) is 6.61 Å². The average Bonchev–Trinajstić information content (AvgIpc) is 2.76. The number of sulfonamides is 1. The van der Waals surface area contributed by atoms with Gasteiger partial charge in [0.2, 0.25) is 10.0 Å². The van der Waals surface area contributed by atoms with Gasteiger partial charge in [-0.15, -0.1) is 11.6 Å². The molecule has 0 saturated heterocycles. The molecule has 0 amide bonds. The van der Waals surface area contributed by atoms with Crippen LogP contribution in [0.2, 0.25) is 0 Å². The quantitative estimate of drug-likeness (QED) is 0.314. The molecule has 0 bridgehead atoms. The summed E-state index contributed by atoms with van der Waals surface area (Å²) in [6, 6.07) is 17.0. The second kappa shape index (κ2) is 9.60. The van der Waals surface area contributed by atoms with Crippen LogP contribution in [0.25, 0.3) is 10.8 Å². The number of alkyl halides is 1. The summed E-state index contributed by atoms with van der Waals surface area (Å²) in [5, 5.41) is 0.262. The number of nitrogens with one attached hydrogen (secondary N) is 1. The van der Waals surface area contributed by atoms with Crippen LogP contribution in [0.3, 0.4) is 0 Å². The molecule has 0 saturated carbocycles. The lowest BCUT2D eigenvalue weighted by Gasteiger charge is -2.21. The Hall–Kier alpha value is -2.74. The third-order valence-corrected chi connectivity index (χ3v) is 6.64. The minimum absolute atomic E-state index is 0.00929. The van der Waals surface area contributed by atoms with E-state index in [1.807, 2.05) is 31.2 Å². The number of ketones is 1. The Morgan fingerprint density at radius 3 is 2.29 bits per heavy atom. The summed E-state index contributed by atoms with van der Waals surface area (Å²) in [6.07, 6.45) is 0. The number of aryl methyl sites for hydroxylation is 1. The minimum Gasteiger partial charge on any atom is -0.465 e. The van der Waals surface area contributed by atoms with E-state index in [1.54, 1.807) is 37.3 Å². The molecule has 0 aliphatic carbocycles. The maximum atomic E-state index is 13.0. The van der Waals surface area contributed by atoms with Crippen LogP contribution in [0.1, 0.15) is 22.8 Å². The fourth-order valence-electron chi connectivity index (χ4n) is 3.07. The first-order valence-corrected chi connectivity index (χ1v) is 11.6. The van der Waals surface area contributed by atoms with Gasteiger partial charge >= 0.3 is 5.97 Å². The summed E-state index contributed by atoms with van der Waals surface area (Å²) in [7, 11) is -4.12. The van der Waals surface area contributed by atoms with E-state index < -0.39 is 33.2 Å². The zero-order valence-electron chi connectivity index (χ0n) is 17.0. The molecule has 0 fully saturated rings. The molecule has 8 heteroatoms. The predicted octanol–water partition coefficient (Wildman–Crippen LogP) is 3.85. The topological polar surface area (TPSA) is 89.5 Å². The smallest absolute Gasteiger partial charge is 0.326 e. The molecule has 2 atom stereocenters. The number of carbonyl (C=O) groups is 2. The number of carbonyl (C=O) groups excluding carboxylic acids is 2. The molecule has 0 aliphatic heterocycles. The van der Waals surface area contributed by atoms with E-state index in [0.717, 1.165) is 16.3 Å². The maximum Gasteiger partial charge on any atom is 0.326 e. The average molecular weight is 460 g/mol. The third-order valence-electron chi connectivity index (χ3n) is 4.73. The van der Waals surface area contributed by atoms with E-state index in [-0.39, 0.29) is 17.1 Å². The van der Waals surface area contributed by atoms with Crippen molar-refractivity contribution >= 4 is 44.1 Å². The van der Waals surface area contributed by atoms with Crippen LogP contribution in [-0.2, 0) is 19.6 Å². The predicted molar refractivity (Wildman–Crippen MR) is 120 cm³/mol. The molecule has 1 N–H and O–H groups in total. The largest absolute Gasteiger partial charge is 0.465 e. The molecular formula is C23H22ClNO5S. The molecule has 3 aromatic carbocycles. The molecule has 3 rings (SSSR count). The van der Waals surface area contributed by atoms with Crippen molar-refractivity contribution in [3.05, 3.63) is 77.9 Å². The molecule has 0 radical (unpaired) electrons. The Balaban J connectivity index is 1.92. The number of benzene rings is 3. The van der Waals surface area contributed by atoms with Crippen LogP contribution in [0.4, 0.5) is 0 Å². The first kappa shape index (κ1) is 22.9. The maximum absolute atomic E-state index is 13.0. The molecular weight excluding hydrogens is 438 g/mol. The molecule has 0 aliphatic rings. The van der Waals surface area contributed by atoms with Gasteiger partial charge in [0.1, 0.15) is 11.4 Å². The van der Waals surface area contributed by atoms with Crippen LogP contribution in [0.5, 0.6) is 0 Å². The molecule has 31 heavy (non-hydrogen) atoms. The molecule has 6 nitrogen and oxygen atoms in total. The SMILES string of the molecule is CCOC(=O)[C@@H](NS(=O)(=O)c1ccc(C)cc1)[C@@H](Cl)C(=O)c1ccc2ccccc2c1. The highest BCUT2D eigenvalue weighted by atomic mass is 35.5. The van der Waals surface area contributed by atoms with Gasteiger partial charge in [0.15, 0.2) is 5.78 Å². The lowest BCUT2D eigenvalue weighted by atomic mass is 10.00. The zero-order valence-corrected chi connectivity index (χ0v) is 18.6. The summed E-state index contributed by atoms with van der Waals surface area (Å²) in [6.45, 7) is 3.41. The van der Waals surface area contributed by atoms with Gasteiger partial charge in [0.05, 0.1) is 11.5 Å². The minimum atomic E-state index is -4.12. The van der Waals surface area contributed by atoms with Crippen molar-refractivity contribution in [3.8, 4) is 0 Å². The van der Waals surface area contributed by atoms with Crippen LogP contribution >= 0.6 is 11.6 Å². The monoisotopic (exact) mass is 459 g/mol. The highest BCUT2D eigenvalue weighted by Gasteiger charge is 2.37. The van der Waals surface area contributed by atoms with Gasteiger partial charge in [-0.2, -0.15) is 4.72 Å². The number of hydrogen-bond donors (Lipinski definition) is 1. The Kier molecular flexibility index (Phi) is 7.10. The van der Waals surface area contributed by atoms with Crippen molar-refractivity contribution in [1.29, 1.82) is 0 Å². The standard InChI is InChI=1S/C23H22ClNO5S/c1-3-30-23(27)21(25-31(28,29)19-12-8-15(2)9-13-19)20(24)22(26)18-11-10-16-6-4-5-7-17(16)14-18/h4-14,20-21,25H,3H2,1-2H3/t20-,21+/m1/s1. The van der Waals surface area contributed by atoms with E-state index >= 15 is 0 Å². The summed E-state index contributed by atoms with van der Waals surface area (Å²) < 4.78 is 32.9. The normalized spacial score (nSPS) is 13.5. The Bertz CT molecular complexity index is 1210. The van der Waals surface area contributed by atoms with Gasteiger partial charge in [0.25, 0.3) is 0 Å². The lowest BCUT2D eigenvalue weighted by Crippen LogP contribution is -2.50. The Labute approximate surface area is 186 Å². The number of halogens is 1. The van der Waals surface area contributed by atoms with Gasteiger partial charge in [-0.3, -0.25) is 9.59 Å². The van der Waals surface area contributed by atoms with Crippen molar-refractivity contribution in [3.63, 3.8) is 0 Å². The molecule has 0 spiro atoms. The number of Topliss-reactive ketones (excluding diaryl/α,β-unsaturated/α-hetero) is 1. The number of fused-ring (bicyclic) bond motifs is 1. The Morgan fingerprint density at radius 1 is 1.00 bits per heavy atom. The fraction of sp³-hybridized carbons (Fsp3) is 0.217. The van der Waals surface area contributed by atoms with Gasteiger partial charge in [-0.05, 0) is 42.8 Å². The summed E-state index contributed by atoms with van der Waals surface area (Å²) in [4.78, 5) is 25.5. The first-order valence-electron chi connectivity index (χ1n) is 9.65. The fourth-order valence-corrected chi connectivity index (χ4v) is 4.63. The van der Waals surface area contributed by atoms with Gasteiger partial charge < -0.3 is 4.74 Å².